The second kappa shape index (κ2) is 16.9. The number of ether oxygens (including phenoxy) is 1. The first-order valence-corrected chi connectivity index (χ1v) is 20.1. The van der Waals surface area contributed by atoms with Crippen LogP contribution in [-0.4, -0.2) is 6.61 Å². The van der Waals surface area contributed by atoms with Crippen LogP contribution in [0.2, 0.25) is 0 Å². The number of hydrogen-bond acceptors (Lipinski definition) is 1. The summed E-state index contributed by atoms with van der Waals surface area (Å²) in [5.74, 6) is 6.54. The maximum absolute atomic E-state index is 5.48. The van der Waals surface area contributed by atoms with Gasteiger partial charge in [-0.25, -0.2) is 0 Å². The Hall–Kier alpha value is -6.62. The van der Waals surface area contributed by atoms with Gasteiger partial charge < -0.3 is 4.74 Å². The van der Waals surface area contributed by atoms with Crippen molar-refractivity contribution in [1.82, 2.24) is 0 Å². The van der Waals surface area contributed by atoms with Crippen LogP contribution in [-0.2, 0) is 10.8 Å². The van der Waals surface area contributed by atoms with Crippen LogP contribution in [0.15, 0.2) is 188 Å². The van der Waals surface area contributed by atoms with Crippen molar-refractivity contribution in [3.05, 3.63) is 221 Å². The molecule has 8 aromatic rings. The predicted molar refractivity (Wildman–Crippen MR) is 248 cm³/mol. The van der Waals surface area contributed by atoms with Gasteiger partial charge in [0.15, 0.2) is 0 Å². The number of rotatable bonds is 5. The zero-order chi connectivity index (χ0) is 39.4. The summed E-state index contributed by atoms with van der Waals surface area (Å²) in [6, 6.07) is 68.3. The van der Waals surface area contributed by atoms with Crippen LogP contribution in [0.25, 0.3) is 44.2 Å². The third kappa shape index (κ3) is 6.80. The Morgan fingerprint density at radius 3 is 1.19 bits per heavy atom. The molecule has 286 valence electrons. The molecule has 0 N–H and O–H groups in total. The van der Waals surface area contributed by atoms with E-state index in [-0.39, 0.29) is 18.3 Å². The first-order chi connectivity index (χ1) is 28.0. The Balaban J connectivity index is 0.000000240. The molecule has 1 nitrogen and oxygen atoms in total. The molecule has 0 fully saturated rings. The minimum Gasteiger partial charge on any atom is -0.481 e. The van der Waals surface area contributed by atoms with Gasteiger partial charge in [-0.1, -0.05) is 203 Å². The molecule has 0 heterocycles. The molecule has 58 heavy (non-hydrogen) atoms. The van der Waals surface area contributed by atoms with Gasteiger partial charge in [0.1, 0.15) is 12.4 Å². The van der Waals surface area contributed by atoms with Crippen LogP contribution in [0.3, 0.4) is 0 Å². The Bertz CT molecular complexity index is 2510. The van der Waals surface area contributed by atoms with Crippen LogP contribution in [0.1, 0.15) is 75.4 Å². The standard InChI is InChI=1S/C40H30.C14H12O.C2H6.CH4/c1-39(35-15-7-3-11-31(35)32-12-4-8-16-36(32)39)29-23-19-27(20-24-29)28-21-25-30(26-22-28)40(2)37-17-9-5-13-33(37)34-14-6-10-18-38(34)40;1-2-3-10-15-14-9-8-12-6-4-5-7-13(12)11-14;1-2;/h3-26H,1-2H3;4-9,11H,10H2,1H3;1-2H3;1H4. The lowest BCUT2D eigenvalue weighted by Crippen LogP contribution is -2.22. The van der Waals surface area contributed by atoms with E-state index in [1.54, 1.807) is 0 Å². The maximum atomic E-state index is 5.48. The highest BCUT2D eigenvalue weighted by Crippen LogP contribution is 2.53. The van der Waals surface area contributed by atoms with Gasteiger partial charge in [-0.3, -0.25) is 0 Å². The summed E-state index contributed by atoms with van der Waals surface area (Å²) in [4.78, 5) is 0. The van der Waals surface area contributed by atoms with Crippen molar-refractivity contribution in [2.75, 3.05) is 6.61 Å². The Morgan fingerprint density at radius 1 is 0.431 bits per heavy atom. The van der Waals surface area contributed by atoms with E-state index in [1.807, 2.05) is 45.0 Å². The number of fused-ring (bicyclic) bond motifs is 7. The van der Waals surface area contributed by atoms with Gasteiger partial charge in [0.25, 0.3) is 0 Å². The molecule has 0 atom stereocenters. The molecule has 1 heteroatoms. The van der Waals surface area contributed by atoms with Gasteiger partial charge >= 0.3 is 0 Å². The first kappa shape index (κ1) is 39.6. The molecule has 0 amide bonds. The highest BCUT2D eigenvalue weighted by molar-refractivity contribution is 5.85. The van der Waals surface area contributed by atoms with Crippen LogP contribution in [0.4, 0.5) is 0 Å². The fourth-order valence-corrected chi connectivity index (χ4v) is 8.97. The molecule has 2 aliphatic carbocycles. The second-order valence-corrected chi connectivity index (χ2v) is 14.8. The van der Waals surface area contributed by atoms with Crippen molar-refractivity contribution in [3.63, 3.8) is 0 Å². The molecule has 0 radical (unpaired) electrons. The highest BCUT2D eigenvalue weighted by atomic mass is 16.5. The molecule has 0 aromatic heterocycles. The molecule has 8 aromatic carbocycles. The summed E-state index contributed by atoms with van der Waals surface area (Å²) in [5.41, 5.74) is 15.8. The fourth-order valence-electron chi connectivity index (χ4n) is 8.97. The van der Waals surface area contributed by atoms with Crippen molar-refractivity contribution >= 4 is 10.8 Å². The average Bonchev–Trinajstić information content (AvgIpc) is 3.71. The second-order valence-electron chi connectivity index (χ2n) is 14.8. The van der Waals surface area contributed by atoms with E-state index in [2.05, 4.69) is 189 Å². The van der Waals surface area contributed by atoms with Crippen molar-refractivity contribution in [2.45, 2.75) is 52.9 Å². The summed E-state index contributed by atoms with van der Waals surface area (Å²) >= 11 is 0. The SMILES string of the molecule is C.CC.CC#CCOc1ccc2ccccc2c1.CC1(c2ccc(-c3ccc(C4(C)c5ccccc5-c5ccccc54)cc3)cc2)c2ccccc2-c2ccccc21. The van der Waals surface area contributed by atoms with Gasteiger partial charge in [-0.2, -0.15) is 0 Å². The smallest absolute Gasteiger partial charge is 0.149 e. The Kier molecular flexibility index (Phi) is 11.5. The third-order valence-corrected chi connectivity index (χ3v) is 11.9. The van der Waals surface area contributed by atoms with Gasteiger partial charge in [-0.15, -0.1) is 5.92 Å². The van der Waals surface area contributed by atoms with Crippen molar-refractivity contribution in [1.29, 1.82) is 0 Å². The van der Waals surface area contributed by atoms with Crippen molar-refractivity contribution in [3.8, 4) is 51.0 Å². The van der Waals surface area contributed by atoms with Crippen LogP contribution >= 0.6 is 0 Å². The molecule has 0 spiro atoms. The van der Waals surface area contributed by atoms with Crippen LogP contribution in [0.5, 0.6) is 5.75 Å². The fraction of sp³-hybridized carbons (Fsp3) is 0.158. The van der Waals surface area contributed by atoms with Gasteiger partial charge in [0.2, 0.25) is 0 Å². The minimum atomic E-state index is -0.159. The molecule has 0 saturated carbocycles. The van der Waals surface area contributed by atoms with E-state index in [0.717, 1.165) is 5.75 Å². The normalized spacial score (nSPS) is 13.0. The van der Waals surface area contributed by atoms with E-state index in [1.165, 1.54) is 77.5 Å². The van der Waals surface area contributed by atoms with Crippen LogP contribution in [0, 0.1) is 11.8 Å². The molecule has 0 bridgehead atoms. The molecular formula is C57H52O. The summed E-state index contributed by atoms with van der Waals surface area (Å²) in [7, 11) is 0. The largest absolute Gasteiger partial charge is 0.481 e. The first-order valence-electron chi connectivity index (χ1n) is 20.1. The topological polar surface area (TPSA) is 9.23 Å². The summed E-state index contributed by atoms with van der Waals surface area (Å²) in [5, 5.41) is 2.42. The van der Waals surface area contributed by atoms with Gasteiger partial charge in [0, 0.05) is 10.8 Å². The van der Waals surface area contributed by atoms with Gasteiger partial charge in [0.05, 0.1) is 0 Å². The van der Waals surface area contributed by atoms with Gasteiger partial charge in [-0.05, 0) is 110 Å². The summed E-state index contributed by atoms with van der Waals surface area (Å²) in [6.45, 7) is 11.0. The molecule has 10 rings (SSSR count). The lowest BCUT2D eigenvalue weighted by Gasteiger charge is -2.29. The molecule has 0 unspecified atom stereocenters. The van der Waals surface area contributed by atoms with Crippen LogP contribution < -0.4 is 4.74 Å². The molecular weight excluding hydrogens is 701 g/mol. The lowest BCUT2D eigenvalue weighted by atomic mass is 9.73. The zero-order valence-corrected chi connectivity index (χ0v) is 33.5. The maximum Gasteiger partial charge on any atom is 0.149 e. The third-order valence-electron chi connectivity index (χ3n) is 11.9. The summed E-state index contributed by atoms with van der Waals surface area (Å²) in [6.07, 6.45) is 0. The molecule has 0 saturated heterocycles. The minimum absolute atomic E-state index is 0. The molecule has 0 aliphatic heterocycles. The molecule has 2 aliphatic rings. The van der Waals surface area contributed by atoms with Crippen molar-refractivity contribution < 1.29 is 4.74 Å². The highest BCUT2D eigenvalue weighted by Gasteiger charge is 2.41. The number of hydrogen-bond donors (Lipinski definition) is 0. The van der Waals surface area contributed by atoms with E-state index in [4.69, 9.17) is 4.74 Å². The van der Waals surface area contributed by atoms with E-state index >= 15 is 0 Å². The van der Waals surface area contributed by atoms with Crippen molar-refractivity contribution in [2.24, 2.45) is 0 Å². The zero-order valence-electron chi connectivity index (χ0n) is 33.5. The van der Waals surface area contributed by atoms with E-state index in [0.29, 0.717) is 6.61 Å². The monoisotopic (exact) mass is 752 g/mol. The number of benzene rings is 8. The predicted octanol–water partition coefficient (Wildman–Crippen LogP) is 14.9. The Morgan fingerprint density at radius 2 is 0.793 bits per heavy atom. The van der Waals surface area contributed by atoms with E-state index in [9.17, 15) is 0 Å². The summed E-state index contributed by atoms with van der Waals surface area (Å²) < 4.78 is 5.48. The Labute approximate surface area is 346 Å². The quantitative estimate of drug-likeness (QED) is 0.159. The average molecular weight is 753 g/mol. The van der Waals surface area contributed by atoms with E-state index < -0.39 is 0 Å². The lowest BCUT2D eigenvalue weighted by molar-refractivity contribution is 0.371.